The second-order valence-electron chi connectivity index (χ2n) is 4.76. The van der Waals surface area contributed by atoms with Gasteiger partial charge in [0.15, 0.2) is 0 Å². The molecule has 3 rings (SSSR count). The average Bonchev–Trinajstić information content (AvgIpc) is 3.08. The molecule has 0 fully saturated rings. The summed E-state index contributed by atoms with van der Waals surface area (Å²) in [4.78, 5) is 12.1. The fourth-order valence-corrected chi connectivity index (χ4v) is 2.79. The normalized spacial score (nSPS) is 10.3. The molecular formula is C18H15NOS. The second kappa shape index (κ2) is 6.37. The highest BCUT2D eigenvalue weighted by atomic mass is 32.1. The first-order valence-electron chi connectivity index (χ1n) is 6.78. The largest absolute Gasteiger partial charge is 0.348 e. The van der Waals surface area contributed by atoms with Crippen molar-refractivity contribution in [1.82, 2.24) is 5.32 Å². The SMILES string of the molecule is O=C(NCc1ccccc1)c1ccc(-c2ccsc2)cc1. The molecule has 0 saturated carbocycles. The number of carbonyl (C=O) groups is 1. The predicted molar refractivity (Wildman–Crippen MR) is 87.4 cm³/mol. The number of thiophene rings is 1. The van der Waals surface area contributed by atoms with Crippen molar-refractivity contribution in [2.45, 2.75) is 6.54 Å². The van der Waals surface area contributed by atoms with Gasteiger partial charge in [0, 0.05) is 12.1 Å². The molecule has 2 aromatic carbocycles. The third kappa shape index (κ3) is 3.38. The van der Waals surface area contributed by atoms with Crippen LogP contribution in [0.4, 0.5) is 0 Å². The predicted octanol–water partition coefficient (Wildman–Crippen LogP) is 4.35. The highest BCUT2D eigenvalue weighted by molar-refractivity contribution is 7.08. The van der Waals surface area contributed by atoms with E-state index in [0.29, 0.717) is 12.1 Å². The molecule has 3 heteroatoms. The fourth-order valence-electron chi connectivity index (χ4n) is 2.12. The maximum Gasteiger partial charge on any atom is 0.251 e. The van der Waals surface area contributed by atoms with E-state index < -0.39 is 0 Å². The minimum atomic E-state index is -0.0456. The van der Waals surface area contributed by atoms with Gasteiger partial charge in [0.1, 0.15) is 0 Å². The first-order valence-corrected chi connectivity index (χ1v) is 7.72. The van der Waals surface area contributed by atoms with Crippen LogP contribution in [0, 0.1) is 0 Å². The second-order valence-corrected chi connectivity index (χ2v) is 5.54. The molecule has 0 radical (unpaired) electrons. The molecule has 0 unspecified atom stereocenters. The molecule has 1 amide bonds. The van der Waals surface area contributed by atoms with Gasteiger partial charge in [0.25, 0.3) is 5.91 Å². The van der Waals surface area contributed by atoms with Crippen LogP contribution in [-0.4, -0.2) is 5.91 Å². The summed E-state index contributed by atoms with van der Waals surface area (Å²) in [6.45, 7) is 0.548. The number of carbonyl (C=O) groups excluding carboxylic acids is 1. The van der Waals surface area contributed by atoms with Crippen molar-refractivity contribution in [3.8, 4) is 11.1 Å². The molecule has 1 N–H and O–H groups in total. The van der Waals surface area contributed by atoms with Gasteiger partial charge >= 0.3 is 0 Å². The van der Waals surface area contributed by atoms with Crippen LogP contribution < -0.4 is 5.32 Å². The fraction of sp³-hybridized carbons (Fsp3) is 0.0556. The Morgan fingerprint density at radius 2 is 1.67 bits per heavy atom. The van der Waals surface area contributed by atoms with E-state index in [4.69, 9.17) is 0 Å². The topological polar surface area (TPSA) is 29.1 Å². The van der Waals surface area contributed by atoms with Gasteiger partial charge in [-0.05, 0) is 45.6 Å². The van der Waals surface area contributed by atoms with Crippen LogP contribution in [0.1, 0.15) is 15.9 Å². The Balaban J connectivity index is 1.65. The lowest BCUT2D eigenvalue weighted by Crippen LogP contribution is -2.22. The van der Waals surface area contributed by atoms with Gasteiger partial charge in [-0.15, -0.1) is 0 Å². The highest BCUT2D eigenvalue weighted by Crippen LogP contribution is 2.22. The maximum atomic E-state index is 12.1. The Kier molecular flexibility index (Phi) is 4.12. The number of hydrogen-bond donors (Lipinski definition) is 1. The Bertz CT molecular complexity index is 703. The van der Waals surface area contributed by atoms with E-state index in [1.165, 1.54) is 5.56 Å². The van der Waals surface area contributed by atoms with Crippen LogP contribution in [-0.2, 0) is 6.54 Å². The molecule has 104 valence electrons. The van der Waals surface area contributed by atoms with Crippen molar-refractivity contribution in [3.05, 3.63) is 82.6 Å². The number of nitrogens with one attached hydrogen (secondary N) is 1. The van der Waals surface area contributed by atoms with E-state index in [2.05, 4.69) is 22.1 Å². The molecule has 3 aromatic rings. The van der Waals surface area contributed by atoms with Crippen LogP contribution >= 0.6 is 11.3 Å². The van der Waals surface area contributed by atoms with Crippen molar-refractivity contribution < 1.29 is 4.79 Å². The van der Waals surface area contributed by atoms with E-state index in [-0.39, 0.29) is 5.91 Å². The zero-order chi connectivity index (χ0) is 14.5. The summed E-state index contributed by atoms with van der Waals surface area (Å²) in [5.74, 6) is -0.0456. The minimum Gasteiger partial charge on any atom is -0.348 e. The zero-order valence-corrected chi connectivity index (χ0v) is 12.3. The standard InChI is InChI=1S/C18H15NOS/c20-18(19-12-14-4-2-1-3-5-14)16-8-6-15(7-9-16)17-10-11-21-13-17/h1-11,13H,12H2,(H,19,20). The quantitative estimate of drug-likeness (QED) is 0.761. The molecular weight excluding hydrogens is 278 g/mol. The molecule has 0 saturated heterocycles. The Labute approximate surface area is 128 Å². The third-order valence-electron chi connectivity index (χ3n) is 3.30. The van der Waals surface area contributed by atoms with Gasteiger partial charge in [-0.1, -0.05) is 42.5 Å². The molecule has 0 atom stereocenters. The van der Waals surface area contributed by atoms with E-state index >= 15 is 0 Å². The summed E-state index contributed by atoms with van der Waals surface area (Å²) in [6.07, 6.45) is 0. The number of benzene rings is 2. The Morgan fingerprint density at radius 1 is 0.905 bits per heavy atom. The van der Waals surface area contributed by atoms with Crippen LogP contribution in [0.25, 0.3) is 11.1 Å². The van der Waals surface area contributed by atoms with E-state index in [0.717, 1.165) is 11.1 Å². The van der Waals surface area contributed by atoms with E-state index in [1.54, 1.807) is 11.3 Å². The molecule has 0 bridgehead atoms. The summed E-state index contributed by atoms with van der Waals surface area (Å²) >= 11 is 1.67. The van der Waals surface area contributed by atoms with Gasteiger partial charge < -0.3 is 5.32 Å². The summed E-state index contributed by atoms with van der Waals surface area (Å²) in [7, 11) is 0. The Morgan fingerprint density at radius 3 is 2.33 bits per heavy atom. The molecule has 1 aromatic heterocycles. The summed E-state index contributed by atoms with van der Waals surface area (Å²) in [6, 6.07) is 19.7. The lowest BCUT2D eigenvalue weighted by atomic mass is 10.1. The van der Waals surface area contributed by atoms with Gasteiger partial charge in [-0.2, -0.15) is 11.3 Å². The van der Waals surface area contributed by atoms with Crippen molar-refractivity contribution >= 4 is 17.2 Å². The molecule has 0 spiro atoms. The monoisotopic (exact) mass is 293 g/mol. The summed E-state index contributed by atoms with van der Waals surface area (Å²) in [5, 5.41) is 7.09. The van der Waals surface area contributed by atoms with Crippen molar-refractivity contribution in [2.75, 3.05) is 0 Å². The molecule has 0 aliphatic heterocycles. The van der Waals surface area contributed by atoms with Crippen molar-refractivity contribution in [2.24, 2.45) is 0 Å². The van der Waals surface area contributed by atoms with Gasteiger partial charge in [-0.3, -0.25) is 4.79 Å². The minimum absolute atomic E-state index is 0.0456. The molecule has 1 heterocycles. The van der Waals surface area contributed by atoms with Gasteiger partial charge in [-0.25, -0.2) is 0 Å². The van der Waals surface area contributed by atoms with Crippen LogP contribution in [0.15, 0.2) is 71.4 Å². The lowest BCUT2D eigenvalue weighted by molar-refractivity contribution is 0.0951. The molecule has 21 heavy (non-hydrogen) atoms. The highest BCUT2D eigenvalue weighted by Gasteiger charge is 2.05. The summed E-state index contributed by atoms with van der Waals surface area (Å²) in [5.41, 5.74) is 4.11. The lowest BCUT2D eigenvalue weighted by Gasteiger charge is -2.06. The van der Waals surface area contributed by atoms with Gasteiger partial charge in [0.2, 0.25) is 0 Å². The van der Waals surface area contributed by atoms with Gasteiger partial charge in [0.05, 0.1) is 0 Å². The van der Waals surface area contributed by atoms with Crippen LogP contribution in [0.3, 0.4) is 0 Å². The van der Waals surface area contributed by atoms with Crippen LogP contribution in [0.2, 0.25) is 0 Å². The van der Waals surface area contributed by atoms with Crippen molar-refractivity contribution in [3.63, 3.8) is 0 Å². The van der Waals surface area contributed by atoms with E-state index in [9.17, 15) is 4.79 Å². The maximum absolute atomic E-state index is 12.1. The first kappa shape index (κ1) is 13.6. The third-order valence-corrected chi connectivity index (χ3v) is 3.98. The van der Waals surface area contributed by atoms with Crippen molar-refractivity contribution in [1.29, 1.82) is 0 Å². The zero-order valence-electron chi connectivity index (χ0n) is 11.5. The van der Waals surface area contributed by atoms with Crippen LogP contribution in [0.5, 0.6) is 0 Å². The number of amides is 1. The first-order chi connectivity index (χ1) is 10.3. The van der Waals surface area contributed by atoms with E-state index in [1.807, 2.05) is 54.6 Å². The molecule has 0 aliphatic carbocycles. The average molecular weight is 293 g/mol. The summed E-state index contributed by atoms with van der Waals surface area (Å²) < 4.78 is 0. The number of rotatable bonds is 4. The Hall–Kier alpha value is -2.39. The number of hydrogen-bond acceptors (Lipinski definition) is 2. The molecule has 2 nitrogen and oxygen atoms in total. The smallest absolute Gasteiger partial charge is 0.251 e. The molecule has 0 aliphatic rings.